The standard InChI is InChI=1S/C22H37N5O9/c1-11(2)9-13(23)22(36)27-8-4-5-15(27)20(34)25-14(6-7-16(29)30)19(33)26-18(12(3)28)21(35)24-10-17(31)32/h11-15,18,28H,4-10,23H2,1-3H3,(H,24,35)(H,25,34)(H,26,33)(H,29,30)(H,31,32). The second-order valence-corrected chi connectivity index (χ2v) is 9.26. The third kappa shape index (κ3) is 9.77. The minimum absolute atomic E-state index is 0.164. The Bertz CT molecular complexity index is 833. The van der Waals surface area contributed by atoms with Gasteiger partial charge in [0.2, 0.25) is 23.6 Å². The molecule has 0 aromatic carbocycles. The zero-order valence-electron chi connectivity index (χ0n) is 20.7. The largest absolute Gasteiger partial charge is 0.481 e. The Morgan fingerprint density at radius 3 is 2.17 bits per heavy atom. The first-order valence-corrected chi connectivity index (χ1v) is 11.8. The van der Waals surface area contributed by atoms with Crippen molar-refractivity contribution in [1.29, 1.82) is 0 Å². The topological polar surface area (TPSA) is 228 Å². The lowest BCUT2D eigenvalue weighted by Gasteiger charge is -2.29. The fraction of sp³-hybridized carbons (Fsp3) is 0.727. The number of nitrogens with one attached hydrogen (secondary N) is 3. The summed E-state index contributed by atoms with van der Waals surface area (Å²) in [6, 6.07) is -4.65. The molecule has 14 nitrogen and oxygen atoms in total. The van der Waals surface area contributed by atoms with Gasteiger partial charge in [-0.05, 0) is 38.5 Å². The van der Waals surface area contributed by atoms with Crippen LogP contribution in [0.3, 0.4) is 0 Å². The normalized spacial score (nSPS) is 18.6. The molecular weight excluding hydrogens is 478 g/mol. The molecule has 1 aliphatic rings. The average Bonchev–Trinajstić information content (AvgIpc) is 3.26. The van der Waals surface area contributed by atoms with E-state index in [4.69, 9.17) is 15.9 Å². The lowest BCUT2D eigenvalue weighted by Crippen LogP contribution is -2.59. The zero-order chi connectivity index (χ0) is 27.6. The SMILES string of the molecule is CC(C)CC(N)C(=O)N1CCCC1C(=O)NC(CCC(=O)O)C(=O)NC(C(=O)NCC(=O)O)C(C)O. The number of nitrogens with zero attached hydrogens (tertiary/aromatic N) is 1. The van der Waals surface area contributed by atoms with Crippen LogP contribution in [0, 0.1) is 5.92 Å². The number of aliphatic hydroxyl groups is 1. The summed E-state index contributed by atoms with van der Waals surface area (Å²) < 4.78 is 0. The molecule has 0 bridgehead atoms. The first-order chi connectivity index (χ1) is 16.7. The Balaban J connectivity index is 2.98. The average molecular weight is 516 g/mol. The highest BCUT2D eigenvalue weighted by molar-refractivity contribution is 5.95. The van der Waals surface area contributed by atoms with Crippen LogP contribution in [0.4, 0.5) is 0 Å². The fourth-order valence-corrected chi connectivity index (χ4v) is 3.86. The van der Waals surface area contributed by atoms with Crippen molar-refractivity contribution in [3.63, 3.8) is 0 Å². The van der Waals surface area contributed by atoms with E-state index in [1.165, 1.54) is 11.8 Å². The molecule has 1 saturated heterocycles. The molecule has 1 fully saturated rings. The van der Waals surface area contributed by atoms with Crippen molar-refractivity contribution in [3.8, 4) is 0 Å². The molecule has 8 N–H and O–H groups in total. The number of carbonyl (C=O) groups is 6. The van der Waals surface area contributed by atoms with E-state index in [0.717, 1.165) is 0 Å². The minimum atomic E-state index is -1.56. The molecule has 1 heterocycles. The summed E-state index contributed by atoms with van der Waals surface area (Å²) in [5.74, 6) is -5.40. The number of aliphatic carboxylic acids is 2. The molecule has 1 aliphatic heterocycles. The monoisotopic (exact) mass is 515 g/mol. The van der Waals surface area contributed by atoms with Gasteiger partial charge < -0.3 is 41.9 Å². The van der Waals surface area contributed by atoms with E-state index in [1.54, 1.807) is 0 Å². The maximum atomic E-state index is 13.0. The first kappa shape index (κ1) is 30.8. The fourth-order valence-electron chi connectivity index (χ4n) is 3.86. The summed E-state index contributed by atoms with van der Waals surface area (Å²) in [5.41, 5.74) is 6.00. The molecule has 1 rings (SSSR count). The molecule has 4 amide bonds. The van der Waals surface area contributed by atoms with Crippen LogP contribution in [0.2, 0.25) is 0 Å². The van der Waals surface area contributed by atoms with Gasteiger partial charge in [0, 0.05) is 13.0 Å². The number of amides is 4. The number of carbonyl (C=O) groups excluding carboxylic acids is 4. The maximum absolute atomic E-state index is 13.0. The number of carboxylic acid groups (broad SMARTS) is 2. The quantitative estimate of drug-likeness (QED) is 0.132. The molecule has 14 heteroatoms. The molecule has 0 radical (unpaired) electrons. The van der Waals surface area contributed by atoms with Gasteiger partial charge in [-0.25, -0.2) is 0 Å². The number of rotatable bonds is 14. The number of carboxylic acids is 2. The summed E-state index contributed by atoms with van der Waals surface area (Å²) in [5, 5.41) is 34.4. The van der Waals surface area contributed by atoms with E-state index >= 15 is 0 Å². The van der Waals surface area contributed by atoms with Crippen LogP contribution in [0.1, 0.15) is 52.9 Å². The van der Waals surface area contributed by atoms with E-state index in [-0.39, 0.29) is 12.3 Å². The van der Waals surface area contributed by atoms with Gasteiger partial charge in [0.15, 0.2) is 0 Å². The van der Waals surface area contributed by atoms with E-state index in [1.807, 2.05) is 19.2 Å². The summed E-state index contributed by atoms with van der Waals surface area (Å²) in [7, 11) is 0. The van der Waals surface area contributed by atoms with Crippen molar-refractivity contribution in [2.45, 2.75) is 83.1 Å². The van der Waals surface area contributed by atoms with Gasteiger partial charge in [0.1, 0.15) is 24.7 Å². The lowest BCUT2D eigenvalue weighted by molar-refractivity contribution is -0.141. The Morgan fingerprint density at radius 1 is 1.00 bits per heavy atom. The van der Waals surface area contributed by atoms with Crippen molar-refractivity contribution in [2.24, 2.45) is 11.7 Å². The van der Waals surface area contributed by atoms with Gasteiger partial charge in [-0.3, -0.25) is 28.8 Å². The molecule has 0 spiro atoms. The minimum Gasteiger partial charge on any atom is -0.481 e. The molecule has 5 atom stereocenters. The highest BCUT2D eigenvalue weighted by Gasteiger charge is 2.38. The van der Waals surface area contributed by atoms with Gasteiger partial charge in [0.05, 0.1) is 12.1 Å². The summed E-state index contributed by atoms with van der Waals surface area (Å²) >= 11 is 0. The van der Waals surface area contributed by atoms with Crippen molar-refractivity contribution < 1.29 is 44.1 Å². The predicted octanol–water partition coefficient (Wildman–Crippen LogP) is -2.23. The van der Waals surface area contributed by atoms with Crippen molar-refractivity contribution in [3.05, 3.63) is 0 Å². The first-order valence-electron chi connectivity index (χ1n) is 11.8. The number of hydrogen-bond donors (Lipinski definition) is 7. The molecule has 5 unspecified atom stereocenters. The third-order valence-electron chi connectivity index (χ3n) is 5.64. The zero-order valence-corrected chi connectivity index (χ0v) is 20.7. The molecule has 36 heavy (non-hydrogen) atoms. The summed E-state index contributed by atoms with van der Waals surface area (Å²) in [4.78, 5) is 74.0. The Morgan fingerprint density at radius 2 is 1.64 bits per heavy atom. The molecule has 0 aromatic rings. The summed E-state index contributed by atoms with van der Waals surface area (Å²) in [6.45, 7) is 4.58. The Hall–Kier alpha value is -3.26. The van der Waals surface area contributed by atoms with Crippen molar-refractivity contribution in [2.75, 3.05) is 13.1 Å². The van der Waals surface area contributed by atoms with E-state index < -0.39 is 78.8 Å². The Labute approximate surface area is 208 Å². The van der Waals surface area contributed by atoms with Gasteiger partial charge in [-0.2, -0.15) is 0 Å². The van der Waals surface area contributed by atoms with E-state index in [2.05, 4.69) is 10.6 Å². The highest BCUT2D eigenvalue weighted by atomic mass is 16.4. The number of hydrogen-bond acceptors (Lipinski definition) is 8. The van der Waals surface area contributed by atoms with Gasteiger partial charge in [-0.15, -0.1) is 0 Å². The van der Waals surface area contributed by atoms with Crippen LogP contribution < -0.4 is 21.7 Å². The third-order valence-corrected chi connectivity index (χ3v) is 5.64. The van der Waals surface area contributed by atoms with Crippen molar-refractivity contribution >= 4 is 35.6 Å². The van der Waals surface area contributed by atoms with Crippen LogP contribution in [0.25, 0.3) is 0 Å². The molecular formula is C22H37N5O9. The van der Waals surface area contributed by atoms with Crippen LogP contribution in [-0.2, 0) is 28.8 Å². The van der Waals surface area contributed by atoms with Crippen LogP contribution in [0.5, 0.6) is 0 Å². The van der Waals surface area contributed by atoms with Gasteiger partial charge in [-0.1, -0.05) is 13.8 Å². The maximum Gasteiger partial charge on any atom is 0.322 e. The van der Waals surface area contributed by atoms with Crippen molar-refractivity contribution in [1.82, 2.24) is 20.9 Å². The van der Waals surface area contributed by atoms with E-state index in [0.29, 0.717) is 25.8 Å². The number of aliphatic hydroxyl groups excluding tert-OH is 1. The molecule has 0 saturated carbocycles. The number of nitrogens with two attached hydrogens (primary N) is 1. The molecule has 0 aromatic heterocycles. The Kier molecular flexibility index (Phi) is 12.3. The van der Waals surface area contributed by atoms with Crippen LogP contribution in [0.15, 0.2) is 0 Å². The second kappa shape index (κ2) is 14.3. The lowest BCUT2D eigenvalue weighted by atomic mass is 10.0. The summed E-state index contributed by atoms with van der Waals surface area (Å²) in [6.07, 6.45) is -0.952. The smallest absolute Gasteiger partial charge is 0.322 e. The van der Waals surface area contributed by atoms with E-state index in [9.17, 15) is 33.9 Å². The number of likely N-dealkylation sites (tertiary alicyclic amines) is 1. The molecule has 204 valence electrons. The second-order valence-electron chi connectivity index (χ2n) is 9.26. The highest BCUT2D eigenvalue weighted by Crippen LogP contribution is 2.20. The van der Waals surface area contributed by atoms with Crippen LogP contribution in [-0.4, -0.2) is 99.1 Å². The van der Waals surface area contributed by atoms with Gasteiger partial charge >= 0.3 is 11.9 Å². The molecule has 0 aliphatic carbocycles. The van der Waals surface area contributed by atoms with Crippen LogP contribution >= 0.6 is 0 Å². The predicted molar refractivity (Wildman–Crippen MR) is 125 cm³/mol. The van der Waals surface area contributed by atoms with Gasteiger partial charge in [0.25, 0.3) is 0 Å².